The van der Waals surface area contributed by atoms with E-state index in [-0.39, 0.29) is 5.91 Å². The van der Waals surface area contributed by atoms with Crippen LogP contribution in [0.5, 0.6) is 0 Å². The molecule has 0 unspecified atom stereocenters. The number of amides is 1. The minimum Gasteiger partial charge on any atom is -0.322 e. The molecule has 22 heavy (non-hydrogen) atoms. The minimum atomic E-state index is -0.173. The van der Waals surface area contributed by atoms with E-state index in [0.717, 1.165) is 29.1 Å². The molecule has 0 aliphatic carbocycles. The quantitative estimate of drug-likeness (QED) is 0.807. The second kappa shape index (κ2) is 5.60. The molecule has 2 heterocycles. The number of rotatable bonds is 3. The highest BCUT2D eigenvalue weighted by Crippen LogP contribution is 2.15. The lowest BCUT2D eigenvalue weighted by Gasteiger charge is -2.09. The van der Waals surface area contributed by atoms with Crippen LogP contribution in [-0.4, -0.2) is 20.5 Å². The molecule has 5 heteroatoms. The third-order valence-electron chi connectivity index (χ3n) is 3.68. The number of aryl methyl sites for hydroxylation is 3. The predicted octanol–water partition coefficient (Wildman–Crippen LogP) is 3.16. The van der Waals surface area contributed by atoms with Crippen molar-refractivity contribution >= 4 is 17.2 Å². The van der Waals surface area contributed by atoms with Crippen molar-refractivity contribution in [2.45, 2.75) is 27.2 Å². The van der Waals surface area contributed by atoms with E-state index in [4.69, 9.17) is 0 Å². The topological polar surface area (TPSA) is 59.3 Å². The molecule has 1 N–H and O–H groups in total. The predicted molar refractivity (Wildman–Crippen MR) is 86.2 cm³/mol. The number of nitrogens with one attached hydrogen (secondary N) is 1. The van der Waals surface area contributed by atoms with Crippen molar-refractivity contribution < 1.29 is 4.79 Å². The van der Waals surface area contributed by atoms with Crippen LogP contribution >= 0.6 is 0 Å². The first-order valence-electron chi connectivity index (χ1n) is 7.30. The standard InChI is InChI=1S/C17H18N4O/c1-4-13-6-5-7-14(9-13)19-17(22)15-10-18-16-8-11(2)20-21(16)12(15)3/h5-10H,4H2,1-3H3,(H,19,22). The maximum absolute atomic E-state index is 12.5. The fourth-order valence-electron chi connectivity index (χ4n) is 2.45. The van der Waals surface area contributed by atoms with E-state index in [2.05, 4.69) is 22.3 Å². The lowest BCUT2D eigenvalue weighted by Crippen LogP contribution is -2.16. The van der Waals surface area contributed by atoms with Crippen LogP contribution in [0.1, 0.15) is 34.2 Å². The largest absolute Gasteiger partial charge is 0.322 e. The van der Waals surface area contributed by atoms with Crippen molar-refractivity contribution in [3.8, 4) is 0 Å². The zero-order valence-corrected chi connectivity index (χ0v) is 12.9. The van der Waals surface area contributed by atoms with Gasteiger partial charge in [0.15, 0.2) is 5.65 Å². The van der Waals surface area contributed by atoms with Gasteiger partial charge < -0.3 is 5.32 Å². The monoisotopic (exact) mass is 294 g/mol. The maximum Gasteiger partial charge on any atom is 0.259 e. The molecule has 0 atom stereocenters. The Balaban J connectivity index is 1.93. The summed E-state index contributed by atoms with van der Waals surface area (Å²) in [6, 6.07) is 9.74. The molecule has 1 aromatic carbocycles. The van der Waals surface area contributed by atoms with Gasteiger partial charge in [0.25, 0.3) is 5.91 Å². The number of carbonyl (C=O) groups is 1. The summed E-state index contributed by atoms with van der Waals surface area (Å²) in [6.07, 6.45) is 2.54. The van der Waals surface area contributed by atoms with Crippen molar-refractivity contribution in [2.24, 2.45) is 0 Å². The van der Waals surface area contributed by atoms with Crippen LogP contribution in [0.25, 0.3) is 5.65 Å². The van der Waals surface area contributed by atoms with E-state index in [1.54, 1.807) is 10.7 Å². The van der Waals surface area contributed by atoms with Crippen LogP contribution in [0.15, 0.2) is 36.5 Å². The number of nitrogens with zero attached hydrogens (tertiary/aromatic N) is 3. The summed E-state index contributed by atoms with van der Waals surface area (Å²) < 4.78 is 1.70. The van der Waals surface area contributed by atoms with Gasteiger partial charge in [0.2, 0.25) is 0 Å². The molecule has 2 aromatic heterocycles. The molecule has 3 aromatic rings. The molecule has 1 amide bonds. The van der Waals surface area contributed by atoms with Crippen molar-refractivity contribution in [1.82, 2.24) is 14.6 Å². The van der Waals surface area contributed by atoms with Crippen molar-refractivity contribution in [1.29, 1.82) is 0 Å². The average Bonchev–Trinajstić information content (AvgIpc) is 2.89. The SMILES string of the molecule is CCc1cccc(NC(=O)c2cnc3cc(C)nn3c2C)c1. The molecule has 3 rings (SSSR count). The number of aromatic nitrogens is 3. The van der Waals surface area contributed by atoms with Gasteiger partial charge in [0, 0.05) is 18.0 Å². The number of anilines is 1. The Bertz CT molecular complexity index is 851. The van der Waals surface area contributed by atoms with E-state index in [1.807, 2.05) is 44.2 Å². The van der Waals surface area contributed by atoms with E-state index < -0.39 is 0 Å². The van der Waals surface area contributed by atoms with Gasteiger partial charge in [-0.1, -0.05) is 19.1 Å². The smallest absolute Gasteiger partial charge is 0.259 e. The Morgan fingerprint density at radius 3 is 2.86 bits per heavy atom. The van der Waals surface area contributed by atoms with Crippen LogP contribution in [-0.2, 0) is 6.42 Å². The van der Waals surface area contributed by atoms with Crippen LogP contribution < -0.4 is 5.32 Å². The Kier molecular flexibility index (Phi) is 3.63. The minimum absolute atomic E-state index is 0.173. The van der Waals surface area contributed by atoms with Crippen molar-refractivity contribution in [3.63, 3.8) is 0 Å². The van der Waals surface area contributed by atoms with Gasteiger partial charge in [-0.2, -0.15) is 5.10 Å². The highest BCUT2D eigenvalue weighted by molar-refractivity contribution is 6.05. The molecule has 0 spiro atoms. The summed E-state index contributed by atoms with van der Waals surface area (Å²) in [5, 5.41) is 7.29. The van der Waals surface area contributed by atoms with Crippen LogP contribution in [0.4, 0.5) is 5.69 Å². The Morgan fingerprint density at radius 2 is 2.09 bits per heavy atom. The Morgan fingerprint density at radius 1 is 1.27 bits per heavy atom. The third kappa shape index (κ3) is 2.57. The molecule has 0 radical (unpaired) electrons. The van der Waals surface area contributed by atoms with Crippen LogP contribution in [0, 0.1) is 13.8 Å². The first kappa shape index (κ1) is 14.3. The zero-order chi connectivity index (χ0) is 15.7. The number of carbonyl (C=O) groups excluding carboxylic acids is 1. The van der Waals surface area contributed by atoms with Crippen molar-refractivity contribution in [3.05, 3.63) is 59.0 Å². The Labute approximate surface area is 129 Å². The highest BCUT2D eigenvalue weighted by Gasteiger charge is 2.14. The second-order valence-electron chi connectivity index (χ2n) is 5.32. The lowest BCUT2D eigenvalue weighted by atomic mass is 10.1. The van der Waals surface area contributed by atoms with E-state index in [0.29, 0.717) is 5.56 Å². The molecule has 0 aliphatic heterocycles. The van der Waals surface area contributed by atoms with Gasteiger partial charge in [-0.25, -0.2) is 9.50 Å². The van der Waals surface area contributed by atoms with E-state index in [9.17, 15) is 4.79 Å². The molecule has 0 fully saturated rings. The van der Waals surface area contributed by atoms with Crippen molar-refractivity contribution in [2.75, 3.05) is 5.32 Å². The zero-order valence-electron chi connectivity index (χ0n) is 12.9. The molecule has 0 aliphatic rings. The van der Waals surface area contributed by atoms with E-state index >= 15 is 0 Å². The molecule has 0 saturated heterocycles. The fourth-order valence-corrected chi connectivity index (χ4v) is 2.45. The van der Waals surface area contributed by atoms with Gasteiger partial charge in [0.05, 0.1) is 17.0 Å². The molecule has 5 nitrogen and oxygen atoms in total. The molecule has 0 bridgehead atoms. The average molecular weight is 294 g/mol. The van der Waals surface area contributed by atoms with Gasteiger partial charge in [-0.05, 0) is 38.0 Å². The van der Waals surface area contributed by atoms with Gasteiger partial charge in [-0.3, -0.25) is 4.79 Å². The normalized spacial score (nSPS) is 10.9. The summed E-state index contributed by atoms with van der Waals surface area (Å²) in [4.78, 5) is 16.8. The van der Waals surface area contributed by atoms with Gasteiger partial charge in [0.1, 0.15) is 0 Å². The summed E-state index contributed by atoms with van der Waals surface area (Å²) >= 11 is 0. The number of fused-ring (bicyclic) bond motifs is 1. The summed E-state index contributed by atoms with van der Waals surface area (Å²) in [5.74, 6) is -0.173. The third-order valence-corrected chi connectivity index (χ3v) is 3.68. The first-order chi connectivity index (χ1) is 10.6. The first-order valence-corrected chi connectivity index (χ1v) is 7.30. The second-order valence-corrected chi connectivity index (χ2v) is 5.32. The van der Waals surface area contributed by atoms with Gasteiger partial charge >= 0.3 is 0 Å². The number of hydrogen-bond acceptors (Lipinski definition) is 3. The number of hydrogen-bond donors (Lipinski definition) is 1. The molecular formula is C17H18N4O. The summed E-state index contributed by atoms with van der Waals surface area (Å²) in [7, 11) is 0. The summed E-state index contributed by atoms with van der Waals surface area (Å²) in [6.45, 7) is 5.87. The highest BCUT2D eigenvalue weighted by atomic mass is 16.1. The molecular weight excluding hydrogens is 276 g/mol. The van der Waals surface area contributed by atoms with E-state index in [1.165, 1.54) is 5.56 Å². The fraction of sp³-hybridized carbons (Fsp3) is 0.235. The molecule has 0 saturated carbocycles. The molecule has 112 valence electrons. The lowest BCUT2D eigenvalue weighted by molar-refractivity contribution is 0.102. The van der Waals surface area contributed by atoms with Gasteiger partial charge in [-0.15, -0.1) is 0 Å². The number of benzene rings is 1. The Hall–Kier alpha value is -2.69. The summed E-state index contributed by atoms with van der Waals surface area (Å²) in [5.41, 5.74) is 4.91. The van der Waals surface area contributed by atoms with Crippen LogP contribution in [0.3, 0.4) is 0 Å². The maximum atomic E-state index is 12.5. The van der Waals surface area contributed by atoms with Crippen LogP contribution in [0.2, 0.25) is 0 Å².